The molecule has 3 aromatic rings. The van der Waals surface area contributed by atoms with Gasteiger partial charge in [0.15, 0.2) is 0 Å². The van der Waals surface area contributed by atoms with Crippen molar-refractivity contribution in [1.29, 1.82) is 5.26 Å². The van der Waals surface area contributed by atoms with E-state index in [1.807, 2.05) is 56.3 Å². The highest BCUT2D eigenvalue weighted by atomic mass is 35.5. The zero-order chi connectivity index (χ0) is 20.8. The number of aryl methyl sites for hydroxylation is 2. The van der Waals surface area contributed by atoms with Crippen LogP contribution in [0.3, 0.4) is 0 Å². The average molecular weight is 406 g/mol. The molecule has 2 aromatic carbocycles. The minimum Gasteiger partial charge on any atom is -0.488 e. The number of nitriles is 1. The van der Waals surface area contributed by atoms with Crippen LogP contribution in [-0.4, -0.2) is 10.6 Å². The van der Waals surface area contributed by atoms with Crippen molar-refractivity contribution in [2.24, 2.45) is 0 Å². The second kappa shape index (κ2) is 9.13. The van der Waals surface area contributed by atoms with Crippen LogP contribution in [0.4, 0.5) is 0 Å². The van der Waals surface area contributed by atoms with E-state index in [0.717, 1.165) is 17.0 Å². The number of amides is 1. The summed E-state index contributed by atoms with van der Waals surface area (Å²) in [5.41, 5.74) is 6.09. The van der Waals surface area contributed by atoms with Crippen LogP contribution in [0.1, 0.15) is 22.5 Å². The molecular weight excluding hydrogens is 386 g/mol. The summed E-state index contributed by atoms with van der Waals surface area (Å²) in [7, 11) is 0. The lowest BCUT2D eigenvalue weighted by atomic mass is 10.1. The standard InChI is InChI=1S/C23H20ClN3O2/c1-16-7-8-17(2)27(16)26-23(28)20(14-25)13-19-5-3-4-6-22(19)29-15-18-9-11-21(24)12-10-18/h3-13H,15H2,1-2H3,(H,26,28)/b20-13-. The molecule has 3 rings (SSSR count). The third-order valence-corrected chi connectivity index (χ3v) is 4.63. The molecule has 1 amide bonds. The van der Waals surface area contributed by atoms with Gasteiger partial charge >= 0.3 is 0 Å². The Balaban J connectivity index is 1.79. The molecule has 1 heterocycles. The predicted molar refractivity (Wildman–Crippen MR) is 114 cm³/mol. The van der Waals surface area contributed by atoms with Crippen LogP contribution in [-0.2, 0) is 11.4 Å². The molecule has 29 heavy (non-hydrogen) atoms. The fraction of sp³-hybridized carbons (Fsp3) is 0.130. The molecule has 5 nitrogen and oxygen atoms in total. The van der Waals surface area contributed by atoms with Gasteiger partial charge in [-0.15, -0.1) is 0 Å². The second-order valence-corrected chi connectivity index (χ2v) is 6.95. The molecule has 0 bridgehead atoms. The number of halogens is 1. The van der Waals surface area contributed by atoms with Crippen LogP contribution in [0.25, 0.3) is 6.08 Å². The van der Waals surface area contributed by atoms with Crippen molar-refractivity contribution in [3.8, 4) is 11.8 Å². The molecule has 6 heteroatoms. The van der Waals surface area contributed by atoms with E-state index in [9.17, 15) is 10.1 Å². The maximum atomic E-state index is 12.6. The number of hydrogen-bond donors (Lipinski definition) is 1. The Kier molecular flexibility index (Phi) is 6.38. The Morgan fingerprint density at radius 1 is 1.10 bits per heavy atom. The van der Waals surface area contributed by atoms with E-state index >= 15 is 0 Å². The topological polar surface area (TPSA) is 67.0 Å². The van der Waals surface area contributed by atoms with E-state index in [0.29, 0.717) is 22.9 Å². The van der Waals surface area contributed by atoms with E-state index < -0.39 is 5.91 Å². The van der Waals surface area contributed by atoms with Gasteiger partial charge < -0.3 is 4.74 Å². The zero-order valence-electron chi connectivity index (χ0n) is 16.1. The Morgan fingerprint density at radius 2 is 1.76 bits per heavy atom. The highest BCUT2D eigenvalue weighted by Crippen LogP contribution is 2.23. The van der Waals surface area contributed by atoms with Crippen LogP contribution in [0, 0.1) is 25.2 Å². The fourth-order valence-electron chi connectivity index (χ4n) is 2.78. The number of carbonyl (C=O) groups excluding carboxylic acids is 1. The highest BCUT2D eigenvalue weighted by Gasteiger charge is 2.13. The number of carbonyl (C=O) groups is 1. The predicted octanol–water partition coefficient (Wildman–Crippen LogP) is 5.01. The Hall–Kier alpha value is -3.49. The molecule has 0 aliphatic carbocycles. The summed E-state index contributed by atoms with van der Waals surface area (Å²) in [6.45, 7) is 4.10. The molecule has 1 N–H and O–H groups in total. The van der Waals surface area contributed by atoms with Gasteiger partial charge in [-0.3, -0.25) is 14.9 Å². The molecule has 0 spiro atoms. The van der Waals surface area contributed by atoms with Gasteiger partial charge in [-0.2, -0.15) is 5.26 Å². The highest BCUT2D eigenvalue weighted by molar-refractivity contribution is 6.30. The van der Waals surface area contributed by atoms with Gasteiger partial charge in [0.2, 0.25) is 0 Å². The first kappa shape index (κ1) is 20.2. The van der Waals surface area contributed by atoms with Gasteiger partial charge in [0.1, 0.15) is 24.0 Å². The zero-order valence-corrected chi connectivity index (χ0v) is 16.9. The van der Waals surface area contributed by atoms with Crippen molar-refractivity contribution in [3.05, 3.63) is 93.8 Å². The molecule has 0 saturated carbocycles. The van der Waals surface area contributed by atoms with Crippen molar-refractivity contribution < 1.29 is 9.53 Å². The second-order valence-electron chi connectivity index (χ2n) is 6.52. The summed E-state index contributed by atoms with van der Waals surface area (Å²) in [6, 6.07) is 20.4. The van der Waals surface area contributed by atoms with E-state index in [4.69, 9.17) is 16.3 Å². The van der Waals surface area contributed by atoms with Crippen molar-refractivity contribution in [2.45, 2.75) is 20.5 Å². The normalized spacial score (nSPS) is 11.0. The molecule has 0 aliphatic heterocycles. The van der Waals surface area contributed by atoms with Gasteiger partial charge in [0.25, 0.3) is 5.91 Å². The van der Waals surface area contributed by atoms with E-state index in [1.165, 1.54) is 6.08 Å². The maximum Gasteiger partial charge on any atom is 0.280 e. The van der Waals surface area contributed by atoms with Crippen molar-refractivity contribution in [3.63, 3.8) is 0 Å². The molecule has 0 atom stereocenters. The van der Waals surface area contributed by atoms with E-state index in [2.05, 4.69) is 5.43 Å². The van der Waals surface area contributed by atoms with Gasteiger partial charge in [0, 0.05) is 22.0 Å². The van der Waals surface area contributed by atoms with E-state index in [-0.39, 0.29) is 5.57 Å². The molecule has 1 aromatic heterocycles. The third kappa shape index (κ3) is 5.07. The molecule has 0 saturated heterocycles. The first-order valence-corrected chi connectivity index (χ1v) is 9.40. The van der Waals surface area contributed by atoms with Crippen molar-refractivity contribution >= 4 is 23.6 Å². The number of benzene rings is 2. The van der Waals surface area contributed by atoms with Gasteiger partial charge in [-0.25, -0.2) is 0 Å². The number of aromatic nitrogens is 1. The summed E-state index contributed by atoms with van der Waals surface area (Å²) in [6.07, 6.45) is 1.53. The van der Waals surface area contributed by atoms with Crippen LogP contribution >= 0.6 is 11.6 Å². The summed E-state index contributed by atoms with van der Waals surface area (Å²) < 4.78 is 7.55. The Morgan fingerprint density at radius 3 is 2.41 bits per heavy atom. The SMILES string of the molecule is Cc1ccc(C)n1NC(=O)/C(C#N)=C\c1ccccc1OCc1ccc(Cl)cc1. The summed E-state index contributed by atoms with van der Waals surface area (Å²) in [5, 5.41) is 10.2. The van der Waals surface area contributed by atoms with Crippen LogP contribution < -0.4 is 10.2 Å². The summed E-state index contributed by atoms with van der Waals surface area (Å²) >= 11 is 5.91. The van der Waals surface area contributed by atoms with E-state index in [1.54, 1.807) is 28.9 Å². The number of para-hydroxylation sites is 1. The van der Waals surface area contributed by atoms with Crippen LogP contribution in [0.15, 0.2) is 66.2 Å². The molecule has 146 valence electrons. The number of nitrogens with zero attached hydrogens (tertiary/aromatic N) is 2. The monoisotopic (exact) mass is 405 g/mol. The fourth-order valence-corrected chi connectivity index (χ4v) is 2.91. The van der Waals surface area contributed by atoms with Crippen LogP contribution in [0.2, 0.25) is 5.02 Å². The number of rotatable bonds is 6. The van der Waals surface area contributed by atoms with Gasteiger partial charge in [-0.05, 0) is 55.8 Å². The average Bonchev–Trinajstić information content (AvgIpc) is 3.04. The number of hydrogen-bond acceptors (Lipinski definition) is 3. The minimum atomic E-state index is -0.484. The molecule has 0 aliphatic rings. The smallest absolute Gasteiger partial charge is 0.280 e. The first-order chi connectivity index (χ1) is 14.0. The lowest BCUT2D eigenvalue weighted by molar-refractivity contribution is -0.113. The van der Waals surface area contributed by atoms with Gasteiger partial charge in [-0.1, -0.05) is 41.9 Å². The molecule has 0 unspecified atom stereocenters. The molecular formula is C23H20ClN3O2. The third-order valence-electron chi connectivity index (χ3n) is 4.38. The largest absolute Gasteiger partial charge is 0.488 e. The lowest BCUT2D eigenvalue weighted by Gasteiger charge is -2.12. The van der Waals surface area contributed by atoms with Crippen LogP contribution in [0.5, 0.6) is 5.75 Å². The Bertz CT molecular complexity index is 1070. The Labute approximate surface area is 174 Å². The lowest BCUT2D eigenvalue weighted by Crippen LogP contribution is -2.25. The number of nitrogens with one attached hydrogen (secondary N) is 1. The van der Waals surface area contributed by atoms with Gasteiger partial charge in [0.05, 0.1) is 0 Å². The minimum absolute atomic E-state index is 0.0138. The molecule has 0 fully saturated rings. The quantitative estimate of drug-likeness (QED) is 0.462. The summed E-state index contributed by atoms with van der Waals surface area (Å²) in [5.74, 6) is 0.0960. The molecule has 0 radical (unpaired) electrons. The summed E-state index contributed by atoms with van der Waals surface area (Å²) in [4.78, 5) is 12.6. The maximum absolute atomic E-state index is 12.6. The van der Waals surface area contributed by atoms with Crippen molar-refractivity contribution in [1.82, 2.24) is 4.68 Å². The number of ether oxygens (including phenoxy) is 1. The van der Waals surface area contributed by atoms with Crippen molar-refractivity contribution in [2.75, 3.05) is 5.43 Å². The first-order valence-electron chi connectivity index (χ1n) is 9.02.